The van der Waals surface area contributed by atoms with Crippen LogP contribution < -0.4 is 4.90 Å². The van der Waals surface area contributed by atoms with E-state index >= 15 is 0 Å². The maximum absolute atomic E-state index is 5.07. The van der Waals surface area contributed by atoms with Crippen LogP contribution in [0.5, 0.6) is 0 Å². The Hall–Kier alpha value is -2.60. The monoisotopic (exact) mass is 309 g/mol. The number of nitrogens with zero attached hydrogens (tertiary/aromatic N) is 5. The van der Waals surface area contributed by atoms with Gasteiger partial charge in [-0.2, -0.15) is 5.10 Å². The molecular formula is C17H19N5O. The van der Waals surface area contributed by atoms with E-state index in [0.717, 1.165) is 43.3 Å². The molecule has 0 unspecified atom stereocenters. The third-order valence-electron chi connectivity index (χ3n) is 4.30. The lowest BCUT2D eigenvalue weighted by Gasteiger charge is -2.34. The van der Waals surface area contributed by atoms with Gasteiger partial charge in [-0.3, -0.25) is 0 Å². The lowest BCUT2D eigenvalue weighted by molar-refractivity contribution is 0.313. The summed E-state index contributed by atoms with van der Waals surface area (Å²) in [6.45, 7) is 4.36. The van der Waals surface area contributed by atoms with Crippen molar-refractivity contribution in [1.82, 2.24) is 19.7 Å². The zero-order valence-electron chi connectivity index (χ0n) is 13.1. The molecule has 23 heavy (non-hydrogen) atoms. The summed E-state index contributed by atoms with van der Waals surface area (Å²) in [4.78, 5) is 8.98. The molecule has 1 aromatic carbocycles. The average molecular weight is 309 g/mol. The quantitative estimate of drug-likeness (QED) is 0.743. The molecular weight excluding hydrogens is 290 g/mol. The molecule has 0 atom stereocenters. The van der Waals surface area contributed by atoms with Crippen molar-refractivity contribution < 1.29 is 4.42 Å². The van der Waals surface area contributed by atoms with Crippen LogP contribution in [0.1, 0.15) is 0 Å². The summed E-state index contributed by atoms with van der Waals surface area (Å²) in [5.41, 5.74) is 3.99. The Kier molecular flexibility index (Phi) is 3.59. The fraction of sp³-hybridized carbons (Fsp3) is 0.294. The topological polar surface area (TPSA) is 50.3 Å². The van der Waals surface area contributed by atoms with Gasteiger partial charge in [-0.25, -0.2) is 9.67 Å². The van der Waals surface area contributed by atoms with Crippen molar-refractivity contribution in [3.8, 4) is 17.1 Å². The first-order chi connectivity index (χ1) is 11.3. The van der Waals surface area contributed by atoms with Crippen LogP contribution >= 0.6 is 0 Å². The third kappa shape index (κ3) is 2.73. The van der Waals surface area contributed by atoms with Gasteiger partial charge in [-0.15, -0.1) is 0 Å². The number of oxazole rings is 1. The van der Waals surface area contributed by atoms with Gasteiger partial charge in [0.05, 0.1) is 17.6 Å². The SMILES string of the molecule is CN1CCN(c2ccc(-n3nccc3-c3cocn3)cc2)CC1. The number of aromatic nitrogens is 3. The average Bonchev–Trinajstić information content (AvgIpc) is 3.27. The minimum atomic E-state index is 0.783. The predicted octanol–water partition coefficient (Wildman–Crippen LogP) is 2.28. The van der Waals surface area contributed by atoms with Crippen LogP contribution in [-0.4, -0.2) is 52.9 Å². The molecule has 3 aromatic rings. The van der Waals surface area contributed by atoms with E-state index in [1.807, 2.05) is 10.7 Å². The van der Waals surface area contributed by atoms with Crippen molar-refractivity contribution in [2.75, 3.05) is 38.1 Å². The van der Waals surface area contributed by atoms with Crippen LogP contribution in [0.4, 0.5) is 5.69 Å². The lowest BCUT2D eigenvalue weighted by atomic mass is 10.2. The number of hydrogen-bond donors (Lipinski definition) is 0. The Bertz CT molecular complexity index is 755. The third-order valence-corrected chi connectivity index (χ3v) is 4.30. The zero-order chi connectivity index (χ0) is 15.6. The van der Waals surface area contributed by atoms with Crippen molar-refractivity contribution in [2.24, 2.45) is 0 Å². The van der Waals surface area contributed by atoms with E-state index < -0.39 is 0 Å². The largest absolute Gasteiger partial charge is 0.451 e. The number of piperazine rings is 1. The normalized spacial score (nSPS) is 16.0. The Morgan fingerprint density at radius 3 is 2.39 bits per heavy atom. The van der Waals surface area contributed by atoms with Crippen LogP contribution in [0, 0.1) is 0 Å². The highest BCUT2D eigenvalue weighted by Gasteiger charge is 2.15. The zero-order valence-corrected chi connectivity index (χ0v) is 13.1. The second-order valence-electron chi connectivity index (χ2n) is 5.81. The van der Waals surface area contributed by atoms with Crippen molar-refractivity contribution in [2.45, 2.75) is 0 Å². The summed E-state index contributed by atoms with van der Waals surface area (Å²) in [5.74, 6) is 0. The molecule has 0 aliphatic carbocycles. The Labute approximate surface area is 135 Å². The van der Waals surface area contributed by atoms with Crippen LogP contribution in [-0.2, 0) is 0 Å². The molecule has 0 bridgehead atoms. The molecule has 2 aromatic heterocycles. The van der Waals surface area contributed by atoms with Crippen molar-refractivity contribution in [3.05, 3.63) is 49.2 Å². The van der Waals surface area contributed by atoms with Crippen LogP contribution in [0.3, 0.4) is 0 Å². The van der Waals surface area contributed by atoms with Crippen LogP contribution in [0.15, 0.2) is 53.6 Å². The first-order valence-corrected chi connectivity index (χ1v) is 7.78. The molecule has 4 rings (SSSR count). The van der Waals surface area contributed by atoms with Gasteiger partial charge >= 0.3 is 0 Å². The van der Waals surface area contributed by atoms with Gasteiger partial charge < -0.3 is 14.2 Å². The number of likely N-dealkylation sites (N-methyl/N-ethyl adjacent to an activating group) is 1. The van der Waals surface area contributed by atoms with E-state index in [1.54, 1.807) is 12.5 Å². The number of anilines is 1. The minimum absolute atomic E-state index is 0.783. The van der Waals surface area contributed by atoms with E-state index in [-0.39, 0.29) is 0 Å². The number of hydrogen-bond acceptors (Lipinski definition) is 5. The van der Waals surface area contributed by atoms with Gasteiger partial charge in [0.2, 0.25) is 0 Å². The van der Waals surface area contributed by atoms with E-state index in [1.165, 1.54) is 12.1 Å². The van der Waals surface area contributed by atoms with Crippen molar-refractivity contribution in [1.29, 1.82) is 0 Å². The standard InChI is InChI=1S/C17H19N5O/c1-20-8-10-21(11-9-20)14-2-4-15(5-3-14)22-17(6-7-19-22)16-12-23-13-18-16/h2-7,12-13H,8-11H2,1H3. The summed E-state index contributed by atoms with van der Waals surface area (Å²) in [7, 11) is 2.17. The maximum Gasteiger partial charge on any atom is 0.181 e. The molecule has 1 saturated heterocycles. The predicted molar refractivity (Wildman–Crippen MR) is 88.8 cm³/mol. The molecule has 0 spiro atoms. The Balaban J connectivity index is 1.58. The van der Waals surface area contributed by atoms with Gasteiger partial charge in [-0.1, -0.05) is 0 Å². The first-order valence-electron chi connectivity index (χ1n) is 7.78. The van der Waals surface area contributed by atoms with E-state index in [9.17, 15) is 0 Å². The molecule has 0 radical (unpaired) electrons. The summed E-state index contributed by atoms with van der Waals surface area (Å²) in [6.07, 6.45) is 4.84. The second kappa shape index (κ2) is 5.89. The molecule has 1 fully saturated rings. The van der Waals surface area contributed by atoms with E-state index in [0.29, 0.717) is 0 Å². The molecule has 118 valence electrons. The molecule has 1 aliphatic heterocycles. The highest BCUT2D eigenvalue weighted by Crippen LogP contribution is 2.23. The van der Waals surface area contributed by atoms with Crippen LogP contribution in [0.2, 0.25) is 0 Å². The number of benzene rings is 1. The van der Waals surface area contributed by atoms with E-state index in [4.69, 9.17) is 4.42 Å². The van der Waals surface area contributed by atoms with Gasteiger partial charge in [0.15, 0.2) is 6.39 Å². The van der Waals surface area contributed by atoms with Gasteiger partial charge in [0.25, 0.3) is 0 Å². The fourth-order valence-corrected chi connectivity index (χ4v) is 2.91. The summed E-state index contributed by atoms with van der Waals surface area (Å²) in [6, 6.07) is 10.5. The van der Waals surface area contributed by atoms with Gasteiger partial charge in [0, 0.05) is 31.9 Å². The smallest absolute Gasteiger partial charge is 0.181 e. The van der Waals surface area contributed by atoms with Crippen molar-refractivity contribution in [3.63, 3.8) is 0 Å². The highest BCUT2D eigenvalue weighted by atomic mass is 16.3. The van der Waals surface area contributed by atoms with Crippen molar-refractivity contribution >= 4 is 5.69 Å². The second-order valence-corrected chi connectivity index (χ2v) is 5.81. The van der Waals surface area contributed by atoms with Gasteiger partial charge in [-0.05, 0) is 37.4 Å². The lowest BCUT2D eigenvalue weighted by Crippen LogP contribution is -2.44. The summed E-state index contributed by atoms with van der Waals surface area (Å²) >= 11 is 0. The van der Waals surface area contributed by atoms with E-state index in [2.05, 4.69) is 51.2 Å². The summed E-state index contributed by atoms with van der Waals surface area (Å²) < 4.78 is 6.95. The minimum Gasteiger partial charge on any atom is -0.451 e. The molecule has 0 amide bonds. The molecule has 6 heteroatoms. The van der Waals surface area contributed by atoms with Gasteiger partial charge in [0.1, 0.15) is 12.0 Å². The highest BCUT2D eigenvalue weighted by molar-refractivity contribution is 5.58. The molecule has 0 saturated carbocycles. The maximum atomic E-state index is 5.07. The molecule has 1 aliphatic rings. The Morgan fingerprint density at radius 1 is 0.957 bits per heavy atom. The summed E-state index contributed by atoms with van der Waals surface area (Å²) in [5, 5.41) is 4.41. The molecule has 0 N–H and O–H groups in total. The van der Waals surface area contributed by atoms with Crippen LogP contribution in [0.25, 0.3) is 17.1 Å². The number of rotatable bonds is 3. The fourth-order valence-electron chi connectivity index (χ4n) is 2.91. The Morgan fingerprint density at radius 2 is 1.70 bits per heavy atom. The molecule has 6 nitrogen and oxygen atoms in total. The molecule has 3 heterocycles. The first kappa shape index (κ1) is 14.0.